The quantitative estimate of drug-likeness (QED) is 0.668. The summed E-state index contributed by atoms with van der Waals surface area (Å²) in [6.45, 7) is 2.04. The van der Waals surface area contributed by atoms with Crippen molar-refractivity contribution in [3.8, 4) is 11.5 Å². The largest absolute Gasteiger partial charge is 0.334 e. The van der Waals surface area contributed by atoms with Gasteiger partial charge in [0.05, 0.1) is 10.8 Å². The highest BCUT2D eigenvalue weighted by Gasteiger charge is 2.10. The molecule has 0 amide bonds. The SMILES string of the molecule is Cc1ccc(-c2nc(CSc3ncccc3Cl)no2)cc1. The number of thioether (sulfide) groups is 1. The highest BCUT2D eigenvalue weighted by Crippen LogP contribution is 2.27. The molecule has 3 aromatic rings. The monoisotopic (exact) mass is 317 g/mol. The molecule has 0 N–H and O–H groups in total. The van der Waals surface area contributed by atoms with Gasteiger partial charge in [0.1, 0.15) is 5.03 Å². The third-order valence-corrected chi connectivity index (χ3v) is 4.25. The van der Waals surface area contributed by atoms with Crippen molar-refractivity contribution in [2.75, 3.05) is 0 Å². The molecule has 21 heavy (non-hydrogen) atoms. The molecule has 1 aromatic carbocycles. The van der Waals surface area contributed by atoms with E-state index in [4.69, 9.17) is 16.1 Å². The Morgan fingerprint density at radius 2 is 2.00 bits per heavy atom. The van der Waals surface area contributed by atoms with Gasteiger partial charge >= 0.3 is 0 Å². The van der Waals surface area contributed by atoms with Crippen LogP contribution >= 0.6 is 23.4 Å². The molecular formula is C15H12ClN3OS. The zero-order valence-electron chi connectivity index (χ0n) is 11.3. The van der Waals surface area contributed by atoms with Gasteiger partial charge in [0.25, 0.3) is 5.89 Å². The average Bonchev–Trinajstić information content (AvgIpc) is 2.96. The first-order valence-electron chi connectivity index (χ1n) is 6.35. The lowest BCUT2D eigenvalue weighted by Gasteiger charge is -1.99. The number of rotatable bonds is 4. The number of pyridine rings is 1. The Balaban J connectivity index is 1.71. The number of benzene rings is 1. The first-order valence-corrected chi connectivity index (χ1v) is 7.71. The van der Waals surface area contributed by atoms with E-state index in [1.807, 2.05) is 37.3 Å². The van der Waals surface area contributed by atoms with Gasteiger partial charge in [-0.3, -0.25) is 0 Å². The molecule has 0 atom stereocenters. The van der Waals surface area contributed by atoms with Crippen molar-refractivity contribution in [2.24, 2.45) is 0 Å². The standard InChI is InChI=1S/C15H12ClN3OS/c1-10-4-6-11(7-5-10)14-18-13(19-20-14)9-21-15-12(16)3-2-8-17-15/h2-8H,9H2,1H3. The third kappa shape index (κ3) is 3.43. The van der Waals surface area contributed by atoms with Crippen LogP contribution in [0.15, 0.2) is 52.1 Å². The van der Waals surface area contributed by atoms with Crippen LogP contribution in [0.3, 0.4) is 0 Å². The van der Waals surface area contributed by atoms with Gasteiger partial charge in [-0.15, -0.1) is 0 Å². The van der Waals surface area contributed by atoms with E-state index in [2.05, 4.69) is 15.1 Å². The van der Waals surface area contributed by atoms with E-state index < -0.39 is 0 Å². The molecule has 6 heteroatoms. The lowest BCUT2D eigenvalue weighted by atomic mass is 10.1. The number of aromatic nitrogens is 3. The molecule has 0 bridgehead atoms. The van der Waals surface area contributed by atoms with Crippen LogP contribution in [-0.4, -0.2) is 15.1 Å². The minimum absolute atomic E-state index is 0.526. The van der Waals surface area contributed by atoms with Gasteiger partial charge in [0.2, 0.25) is 0 Å². The number of aryl methyl sites for hydroxylation is 1. The minimum Gasteiger partial charge on any atom is -0.334 e. The van der Waals surface area contributed by atoms with Crippen molar-refractivity contribution < 1.29 is 4.52 Å². The molecule has 0 saturated heterocycles. The summed E-state index contributed by atoms with van der Waals surface area (Å²) in [6.07, 6.45) is 1.71. The number of hydrogen-bond acceptors (Lipinski definition) is 5. The van der Waals surface area contributed by atoms with Crippen molar-refractivity contribution in [3.05, 3.63) is 59.0 Å². The molecule has 0 unspecified atom stereocenters. The van der Waals surface area contributed by atoms with Gasteiger partial charge in [-0.25, -0.2) is 4.98 Å². The van der Waals surface area contributed by atoms with E-state index in [9.17, 15) is 0 Å². The molecule has 0 aliphatic heterocycles. The van der Waals surface area contributed by atoms with Crippen LogP contribution < -0.4 is 0 Å². The molecule has 0 fully saturated rings. The Kier molecular flexibility index (Phi) is 4.22. The topological polar surface area (TPSA) is 51.8 Å². The maximum absolute atomic E-state index is 6.06. The van der Waals surface area contributed by atoms with Crippen LogP contribution in [-0.2, 0) is 5.75 Å². The molecule has 4 nitrogen and oxygen atoms in total. The number of hydrogen-bond donors (Lipinski definition) is 0. The summed E-state index contributed by atoms with van der Waals surface area (Å²) in [5.41, 5.74) is 2.11. The summed E-state index contributed by atoms with van der Waals surface area (Å²) in [6, 6.07) is 11.6. The van der Waals surface area contributed by atoms with Crippen LogP contribution in [0.25, 0.3) is 11.5 Å². The van der Waals surface area contributed by atoms with E-state index in [0.29, 0.717) is 22.5 Å². The summed E-state index contributed by atoms with van der Waals surface area (Å²) in [5.74, 6) is 1.71. The Hall–Kier alpha value is -1.85. The van der Waals surface area contributed by atoms with Gasteiger partial charge in [-0.2, -0.15) is 4.98 Å². The Labute approximate surface area is 131 Å². The summed E-state index contributed by atoms with van der Waals surface area (Å²) in [4.78, 5) is 8.60. The van der Waals surface area contributed by atoms with E-state index in [-0.39, 0.29) is 0 Å². The molecule has 0 saturated carbocycles. The van der Waals surface area contributed by atoms with Crippen LogP contribution in [0.4, 0.5) is 0 Å². The summed E-state index contributed by atoms with van der Waals surface area (Å²) >= 11 is 7.54. The van der Waals surface area contributed by atoms with Crippen molar-refractivity contribution in [3.63, 3.8) is 0 Å². The Bertz CT molecular complexity index is 743. The maximum atomic E-state index is 6.06. The zero-order valence-corrected chi connectivity index (χ0v) is 12.9. The molecule has 2 heterocycles. The summed E-state index contributed by atoms with van der Waals surface area (Å²) in [7, 11) is 0. The molecule has 0 radical (unpaired) electrons. The molecule has 0 spiro atoms. The van der Waals surface area contributed by atoms with Gasteiger partial charge in [0.15, 0.2) is 5.82 Å². The number of nitrogens with zero attached hydrogens (tertiary/aromatic N) is 3. The van der Waals surface area contributed by atoms with E-state index in [0.717, 1.165) is 10.6 Å². The fraction of sp³-hybridized carbons (Fsp3) is 0.133. The van der Waals surface area contributed by atoms with Gasteiger partial charge in [0, 0.05) is 11.8 Å². The first kappa shape index (κ1) is 14.1. The second-order valence-corrected chi connectivity index (χ2v) is 5.83. The molecular weight excluding hydrogens is 306 g/mol. The maximum Gasteiger partial charge on any atom is 0.257 e. The normalized spacial score (nSPS) is 10.8. The van der Waals surface area contributed by atoms with Gasteiger partial charge in [-0.1, -0.05) is 46.2 Å². The predicted molar refractivity (Wildman–Crippen MR) is 83.3 cm³/mol. The fourth-order valence-electron chi connectivity index (χ4n) is 1.74. The smallest absolute Gasteiger partial charge is 0.257 e. The summed E-state index contributed by atoms with van der Waals surface area (Å²) in [5, 5.41) is 5.38. The zero-order chi connectivity index (χ0) is 14.7. The second kappa shape index (κ2) is 6.28. The average molecular weight is 318 g/mol. The van der Waals surface area contributed by atoms with Crippen molar-refractivity contribution >= 4 is 23.4 Å². The lowest BCUT2D eigenvalue weighted by Crippen LogP contribution is -1.86. The second-order valence-electron chi connectivity index (χ2n) is 4.46. The molecule has 3 rings (SSSR count). The minimum atomic E-state index is 0.526. The van der Waals surface area contributed by atoms with E-state index in [1.54, 1.807) is 12.3 Å². The third-order valence-electron chi connectivity index (χ3n) is 2.83. The number of halogens is 1. The molecule has 2 aromatic heterocycles. The van der Waals surface area contributed by atoms with Crippen LogP contribution in [0.1, 0.15) is 11.4 Å². The fourth-order valence-corrected chi connectivity index (χ4v) is 2.75. The summed E-state index contributed by atoms with van der Waals surface area (Å²) < 4.78 is 5.28. The van der Waals surface area contributed by atoms with Gasteiger partial charge < -0.3 is 4.52 Å². The van der Waals surface area contributed by atoms with Crippen molar-refractivity contribution in [2.45, 2.75) is 17.7 Å². The lowest BCUT2D eigenvalue weighted by molar-refractivity contribution is 0.425. The van der Waals surface area contributed by atoms with Crippen molar-refractivity contribution in [1.82, 2.24) is 15.1 Å². The van der Waals surface area contributed by atoms with Crippen LogP contribution in [0.5, 0.6) is 0 Å². The molecule has 106 valence electrons. The Morgan fingerprint density at radius 1 is 1.19 bits per heavy atom. The molecule has 0 aliphatic rings. The van der Waals surface area contributed by atoms with E-state index >= 15 is 0 Å². The van der Waals surface area contributed by atoms with Gasteiger partial charge in [-0.05, 0) is 31.2 Å². The predicted octanol–water partition coefficient (Wildman–Crippen LogP) is 4.39. The van der Waals surface area contributed by atoms with E-state index in [1.165, 1.54) is 17.3 Å². The first-order chi connectivity index (χ1) is 10.2. The van der Waals surface area contributed by atoms with Crippen LogP contribution in [0, 0.1) is 6.92 Å². The molecule has 0 aliphatic carbocycles. The Morgan fingerprint density at radius 3 is 2.76 bits per heavy atom. The van der Waals surface area contributed by atoms with Crippen LogP contribution in [0.2, 0.25) is 5.02 Å². The highest BCUT2D eigenvalue weighted by atomic mass is 35.5. The highest BCUT2D eigenvalue weighted by molar-refractivity contribution is 7.98. The van der Waals surface area contributed by atoms with Crippen molar-refractivity contribution in [1.29, 1.82) is 0 Å².